The SMILES string of the molecule is CCCC1CCC(CCC2CCC(C3CCC(C(F)=CC(F)(F)F)CC3)CC2)CC1. The van der Waals surface area contributed by atoms with Gasteiger partial charge in [-0.15, -0.1) is 0 Å². The maximum absolute atomic E-state index is 13.8. The number of alkyl halides is 3. The summed E-state index contributed by atoms with van der Waals surface area (Å²) in [6, 6.07) is 0. The Morgan fingerprint density at radius 2 is 1.07 bits per heavy atom. The van der Waals surface area contributed by atoms with Gasteiger partial charge in [-0.3, -0.25) is 0 Å². The van der Waals surface area contributed by atoms with Crippen LogP contribution < -0.4 is 0 Å². The molecule has 0 radical (unpaired) electrons. The highest BCUT2D eigenvalue weighted by molar-refractivity contribution is 5.03. The van der Waals surface area contributed by atoms with Crippen LogP contribution in [-0.4, -0.2) is 6.18 Å². The lowest BCUT2D eigenvalue weighted by Crippen LogP contribution is -2.26. The Balaban J connectivity index is 1.31. The van der Waals surface area contributed by atoms with E-state index in [9.17, 15) is 17.6 Å². The van der Waals surface area contributed by atoms with Gasteiger partial charge in [0.25, 0.3) is 0 Å². The van der Waals surface area contributed by atoms with Gasteiger partial charge < -0.3 is 0 Å². The van der Waals surface area contributed by atoms with Gasteiger partial charge in [-0.05, 0) is 68.1 Å². The van der Waals surface area contributed by atoms with Crippen molar-refractivity contribution < 1.29 is 17.6 Å². The van der Waals surface area contributed by atoms with E-state index in [1.54, 1.807) is 0 Å². The lowest BCUT2D eigenvalue weighted by atomic mass is 9.68. The molecule has 3 rings (SSSR count). The van der Waals surface area contributed by atoms with Crippen molar-refractivity contribution >= 4 is 0 Å². The molecule has 3 fully saturated rings. The predicted octanol–water partition coefficient (Wildman–Crippen LogP) is 9.40. The molecule has 3 saturated carbocycles. The van der Waals surface area contributed by atoms with Crippen molar-refractivity contribution in [1.82, 2.24) is 0 Å². The van der Waals surface area contributed by atoms with Gasteiger partial charge in [-0.25, -0.2) is 4.39 Å². The van der Waals surface area contributed by atoms with Crippen LogP contribution in [0.15, 0.2) is 11.9 Å². The van der Waals surface area contributed by atoms with Crippen molar-refractivity contribution in [1.29, 1.82) is 0 Å². The highest BCUT2D eigenvalue weighted by Crippen LogP contribution is 2.44. The third-order valence-electron chi connectivity index (χ3n) is 8.67. The minimum atomic E-state index is -4.53. The summed E-state index contributed by atoms with van der Waals surface area (Å²) in [7, 11) is 0. The maximum atomic E-state index is 13.8. The van der Waals surface area contributed by atoms with Crippen molar-refractivity contribution in [2.75, 3.05) is 0 Å². The molecular formula is C26H42F4. The molecule has 0 aromatic rings. The number of allylic oxidation sites excluding steroid dienone is 2. The fraction of sp³-hybridized carbons (Fsp3) is 0.923. The smallest absolute Gasteiger partial charge is 0.212 e. The van der Waals surface area contributed by atoms with Crippen LogP contribution in [0.1, 0.15) is 110 Å². The van der Waals surface area contributed by atoms with Gasteiger partial charge in [-0.1, -0.05) is 71.1 Å². The Hall–Kier alpha value is -0.540. The highest BCUT2D eigenvalue weighted by Gasteiger charge is 2.34. The molecule has 0 aliphatic heterocycles. The van der Waals surface area contributed by atoms with Crippen molar-refractivity contribution in [3.05, 3.63) is 11.9 Å². The summed E-state index contributed by atoms with van der Waals surface area (Å²) in [5, 5.41) is 0. The largest absolute Gasteiger partial charge is 0.412 e. The van der Waals surface area contributed by atoms with Gasteiger partial charge in [0.05, 0.1) is 6.08 Å². The lowest BCUT2D eigenvalue weighted by molar-refractivity contribution is -0.0821. The molecule has 30 heavy (non-hydrogen) atoms. The monoisotopic (exact) mass is 430 g/mol. The molecule has 3 aliphatic rings. The topological polar surface area (TPSA) is 0 Å². The minimum Gasteiger partial charge on any atom is -0.212 e. The van der Waals surface area contributed by atoms with E-state index >= 15 is 0 Å². The number of halogens is 4. The van der Waals surface area contributed by atoms with Crippen molar-refractivity contribution in [3.63, 3.8) is 0 Å². The van der Waals surface area contributed by atoms with Gasteiger partial charge in [-0.2, -0.15) is 13.2 Å². The molecule has 4 heteroatoms. The summed E-state index contributed by atoms with van der Waals surface area (Å²) in [5.74, 6) is 2.72. The van der Waals surface area contributed by atoms with E-state index in [0.717, 1.165) is 36.5 Å². The molecule has 174 valence electrons. The molecule has 3 aliphatic carbocycles. The van der Waals surface area contributed by atoms with Crippen LogP contribution in [0.25, 0.3) is 0 Å². The Labute approximate surface area is 181 Å². The molecule has 0 heterocycles. The van der Waals surface area contributed by atoms with Crippen molar-refractivity contribution in [2.24, 2.45) is 35.5 Å². The maximum Gasteiger partial charge on any atom is 0.412 e. The first-order chi connectivity index (χ1) is 14.3. The van der Waals surface area contributed by atoms with E-state index in [1.165, 1.54) is 77.0 Å². The lowest BCUT2D eigenvalue weighted by Gasteiger charge is -2.38. The second-order valence-electron chi connectivity index (χ2n) is 10.7. The molecule has 0 saturated heterocycles. The molecule has 0 amide bonds. The van der Waals surface area contributed by atoms with Gasteiger partial charge >= 0.3 is 6.18 Å². The molecule has 0 aromatic carbocycles. The van der Waals surface area contributed by atoms with E-state index in [0.29, 0.717) is 18.8 Å². The van der Waals surface area contributed by atoms with Crippen LogP contribution in [0.4, 0.5) is 17.6 Å². The molecule has 0 bridgehead atoms. The Morgan fingerprint density at radius 3 is 1.50 bits per heavy atom. The third-order valence-corrected chi connectivity index (χ3v) is 8.67. The van der Waals surface area contributed by atoms with E-state index < -0.39 is 17.9 Å². The second-order valence-corrected chi connectivity index (χ2v) is 10.7. The van der Waals surface area contributed by atoms with Crippen LogP contribution in [0.2, 0.25) is 0 Å². The first-order valence-electron chi connectivity index (χ1n) is 12.8. The minimum absolute atomic E-state index is 0.126. The Bertz CT molecular complexity index is 514. The molecular weight excluding hydrogens is 388 g/mol. The quantitative estimate of drug-likeness (QED) is 0.353. The first-order valence-corrected chi connectivity index (χ1v) is 12.8. The fourth-order valence-corrected chi connectivity index (χ4v) is 6.78. The van der Waals surface area contributed by atoms with Crippen LogP contribution in [0.5, 0.6) is 0 Å². The predicted molar refractivity (Wildman–Crippen MR) is 116 cm³/mol. The third kappa shape index (κ3) is 7.55. The summed E-state index contributed by atoms with van der Waals surface area (Å²) >= 11 is 0. The standard InChI is InChI=1S/C26H42F4/c1-2-3-19-4-6-20(7-5-19)8-9-21-10-12-22(13-11-21)23-14-16-24(17-15-23)25(27)18-26(28,29)30/h18-24H,2-17H2,1H3. The second kappa shape index (κ2) is 11.4. The Kier molecular flexibility index (Phi) is 9.13. The number of rotatable bonds is 7. The van der Waals surface area contributed by atoms with Crippen LogP contribution >= 0.6 is 0 Å². The van der Waals surface area contributed by atoms with Crippen molar-refractivity contribution in [3.8, 4) is 0 Å². The van der Waals surface area contributed by atoms with Gasteiger partial charge in [0.2, 0.25) is 0 Å². The summed E-state index contributed by atoms with van der Waals surface area (Å²) in [4.78, 5) is 0. The Morgan fingerprint density at radius 1 is 0.667 bits per heavy atom. The summed E-state index contributed by atoms with van der Waals surface area (Å²) in [5.41, 5.74) is 0. The zero-order valence-electron chi connectivity index (χ0n) is 18.9. The van der Waals surface area contributed by atoms with Crippen LogP contribution in [0, 0.1) is 35.5 Å². The van der Waals surface area contributed by atoms with E-state index in [-0.39, 0.29) is 6.08 Å². The summed E-state index contributed by atoms with van der Waals surface area (Å²) in [6.45, 7) is 2.30. The van der Waals surface area contributed by atoms with Gasteiger partial charge in [0, 0.05) is 5.92 Å². The summed E-state index contributed by atoms with van der Waals surface area (Å²) < 4.78 is 51.0. The average Bonchev–Trinajstić information content (AvgIpc) is 2.73. The highest BCUT2D eigenvalue weighted by atomic mass is 19.4. The van der Waals surface area contributed by atoms with Crippen molar-refractivity contribution in [2.45, 2.75) is 116 Å². The molecule has 0 nitrogen and oxygen atoms in total. The molecule has 0 spiro atoms. The average molecular weight is 431 g/mol. The summed E-state index contributed by atoms with van der Waals surface area (Å²) in [6.07, 6.45) is 14.9. The van der Waals surface area contributed by atoms with E-state index in [4.69, 9.17) is 0 Å². The number of hydrogen-bond donors (Lipinski definition) is 0. The van der Waals surface area contributed by atoms with Gasteiger partial charge in [0.15, 0.2) is 0 Å². The normalized spacial score (nSPS) is 36.6. The molecule has 0 N–H and O–H groups in total. The fourth-order valence-electron chi connectivity index (χ4n) is 6.78. The van der Waals surface area contributed by atoms with Crippen LogP contribution in [0.3, 0.4) is 0 Å². The molecule has 0 atom stereocenters. The molecule has 0 aromatic heterocycles. The van der Waals surface area contributed by atoms with E-state index in [1.807, 2.05) is 0 Å². The zero-order valence-corrected chi connectivity index (χ0v) is 18.9. The zero-order chi connectivity index (χ0) is 21.6. The number of hydrogen-bond acceptors (Lipinski definition) is 0. The van der Waals surface area contributed by atoms with Crippen LogP contribution in [-0.2, 0) is 0 Å². The van der Waals surface area contributed by atoms with Gasteiger partial charge in [0.1, 0.15) is 5.83 Å². The first kappa shape index (κ1) is 24.1. The molecule has 0 unspecified atom stereocenters. The van der Waals surface area contributed by atoms with E-state index in [2.05, 4.69) is 6.92 Å².